The number of rotatable bonds is 3. The van der Waals surface area contributed by atoms with Crippen molar-refractivity contribution in [3.8, 4) is 22.6 Å². The molecule has 0 saturated carbocycles. The summed E-state index contributed by atoms with van der Waals surface area (Å²) in [6, 6.07) is 14.7. The molecule has 1 aromatic heterocycles. The molecule has 1 amide bonds. The molecule has 3 aromatic carbocycles. The maximum absolute atomic E-state index is 14.6. The van der Waals surface area contributed by atoms with Gasteiger partial charge < -0.3 is 4.42 Å². The molecule has 0 bridgehead atoms. The predicted octanol–water partition coefficient (Wildman–Crippen LogP) is 4.56. The molecule has 0 saturated heterocycles. The molecule has 0 unspecified atom stereocenters. The van der Waals surface area contributed by atoms with Gasteiger partial charge >= 0.3 is 0 Å². The molecule has 7 heteroatoms. The fourth-order valence-electron chi connectivity index (χ4n) is 2.80. The molecular formula is C20H12F2N2O3. The minimum Gasteiger partial charge on any atom is -0.436 e. The molecule has 0 spiro atoms. The number of amides is 1. The lowest BCUT2D eigenvalue weighted by Crippen LogP contribution is -2.18. The van der Waals surface area contributed by atoms with Crippen LogP contribution in [0.1, 0.15) is 10.4 Å². The Morgan fingerprint density at radius 3 is 2.52 bits per heavy atom. The van der Waals surface area contributed by atoms with Crippen LogP contribution in [0.5, 0.6) is 0 Å². The van der Waals surface area contributed by atoms with Crippen LogP contribution in [-0.2, 0) is 0 Å². The number of aromatic nitrogens is 1. The molecule has 1 heterocycles. The van der Waals surface area contributed by atoms with Crippen molar-refractivity contribution in [2.24, 2.45) is 0 Å². The number of nitrogens with one attached hydrogen (secondary N) is 1. The highest BCUT2D eigenvalue weighted by atomic mass is 19.1. The van der Waals surface area contributed by atoms with Gasteiger partial charge in [-0.15, -0.1) is 0 Å². The van der Waals surface area contributed by atoms with Crippen LogP contribution >= 0.6 is 0 Å². The molecule has 4 aromatic rings. The lowest BCUT2D eigenvalue weighted by molar-refractivity contribution is 0.0706. The molecule has 4 rings (SSSR count). The number of carbonyl (C=O) groups excluding carboxylic acids is 1. The van der Waals surface area contributed by atoms with Gasteiger partial charge in [0, 0.05) is 11.1 Å². The number of hydroxylamine groups is 1. The van der Waals surface area contributed by atoms with Gasteiger partial charge in [0.05, 0.1) is 5.56 Å². The number of fused-ring (bicyclic) bond motifs is 1. The predicted molar refractivity (Wildman–Crippen MR) is 94.0 cm³/mol. The number of hydrogen-bond donors (Lipinski definition) is 2. The van der Waals surface area contributed by atoms with Crippen LogP contribution in [0.3, 0.4) is 0 Å². The summed E-state index contributed by atoms with van der Waals surface area (Å²) in [7, 11) is 0. The number of benzene rings is 3. The van der Waals surface area contributed by atoms with Crippen molar-refractivity contribution >= 4 is 17.0 Å². The highest BCUT2D eigenvalue weighted by Crippen LogP contribution is 2.31. The van der Waals surface area contributed by atoms with Gasteiger partial charge in [0.15, 0.2) is 5.58 Å². The Morgan fingerprint density at radius 1 is 0.963 bits per heavy atom. The average molecular weight is 366 g/mol. The van der Waals surface area contributed by atoms with Crippen molar-refractivity contribution in [3.05, 3.63) is 77.9 Å². The Kier molecular flexibility index (Phi) is 4.13. The molecule has 0 aliphatic heterocycles. The monoisotopic (exact) mass is 366 g/mol. The summed E-state index contributed by atoms with van der Waals surface area (Å²) in [5.41, 5.74) is 3.21. The Hall–Kier alpha value is -3.58. The minimum atomic E-state index is -0.693. The van der Waals surface area contributed by atoms with Gasteiger partial charge in [-0.2, -0.15) is 0 Å². The summed E-state index contributed by atoms with van der Waals surface area (Å²) in [6.45, 7) is 0. The molecule has 134 valence electrons. The number of carbonyl (C=O) groups is 1. The third kappa shape index (κ3) is 3.04. The molecule has 5 nitrogen and oxygen atoms in total. The molecule has 0 radical (unpaired) electrons. The maximum atomic E-state index is 14.6. The van der Waals surface area contributed by atoms with E-state index in [2.05, 4.69) is 4.98 Å². The first-order valence-corrected chi connectivity index (χ1v) is 7.96. The summed E-state index contributed by atoms with van der Waals surface area (Å²) in [4.78, 5) is 15.7. The highest BCUT2D eigenvalue weighted by molar-refractivity contribution is 5.96. The van der Waals surface area contributed by atoms with Gasteiger partial charge in [0.2, 0.25) is 5.89 Å². The van der Waals surface area contributed by atoms with Crippen LogP contribution in [-0.4, -0.2) is 16.1 Å². The zero-order valence-electron chi connectivity index (χ0n) is 13.7. The lowest BCUT2D eigenvalue weighted by atomic mass is 10.0. The Labute approximate surface area is 151 Å². The first kappa shape index (κ1) is 16.9. The van der Waals surface area contributed by atoms with Crippen LogP contribution in [0.15, 0.2) is 65.1 Å². The molecule has 2 N–H and O–H groups in total. The van der Waals surface area contributed by atoms with Crippen LogP contribution in [0.4, 0.5) is 8.78 Å². The van der Waals surface area contributed by atoms with E-state index in [1.165, 1.54) is 41.9 Å². The smallest absolute Gasteiger partial charge is 0.274 e. The van der Waals surface area contributed by atoms with E-state index < -0.39 is 17.5 Å². The number of oxazole rings is 1. The second-order valence-corrected chi connectivity index (χ2v) is 5.82. The summed E-state index contributed by atoms with van der Waals surface area (Å²) < 4.78 is 34.1. The maximum Gasteiger partial charge on any atom is 0.274 e. The molecule has 0 aliphatic rings. The van der Waals surface area contributed by atoms with Crippen LogP contribution in [0.25, 0.3) is 33.7 Å². The number of halogens is 2. The van der Waals surface area contributed by atoms with Crippen LogP contribution in [0, 0.1) is 11.6 Å². The second-order valence-electron chi connectivity index (χ2n) is 5.82. The normalized spacial score (nSPS) is 10.9. The fourth-order valence-corrected chi connectivity index (χ4v) is 2.80. The molecular weight excluding hydrogens is 354 g/mol. The van der Waals surface area contributed by atoms with Crippen molar-refractivity contribution in [2.45, 2.75) is 0 Å². The summed E-state index contributed by atoms with van der Waals surface area (Å²) in [5, 5.41) is 8.70. The topological polar surface area (TPSA) is 75.4 Å². The first-order chi connectivity index (χ1) is 13.1. The van der Waals surface area contributed by atoms with Crippen molar-refractivity contribution in [2.75, 3.05) is 0 Å². The quantitative estimate of drug-likeness (QED) is 0.412. The van der Waals surface area contributed by atoms with Crippen molar-refractivity contribution in [3.63, 3.8) is 0 Å². The Balaban J connectivity index is 1.75. The minimum absolute atomic E-state index is 0.0316. The van der Waals surface area contributed by atoms with E-state index in [9.17, 15) is 13.6 Å². The van der Waals surface area contributed by atoms with Crippen molar-refractivity contribution < 1.29 is 23.2 Å². The fraction of sp³-hybridized carbons (Fsp3) is 0. The van der Waals surface area contributed by atoms with Gasteiger partial charge in [-0.25, -0.2) is 19.2 Å². The van der Waals surface area contributed by atoms with Gasteiger partial charge in [-0.05, 0) is 42.0 Å². The summed E-state index contributed by atoms with van der Waals surface area (Å²) >= 11 is 0. The summed E-state index contributed by atoms with van der Waals surface area (Å²) in [6.07, 6.45) is 0. The van der Waals surface area contributed by atoms with Gasteiger partial charge in [-0.3, -0.25) is 10.0 Å². The zero-order chi connectivity index (χ0) is 19.0. The number of nitrogens with zero attached hydrogens (tertiary/aromatic N) is 1. The average Bonchev–Trinajstić information content (AvgIpc) is 3.10. The molecule has 0 fully saturated rings. The highest BCUT2D eigenvalue weighted by Gasteiger charge is 2.16. The van der Waals surface area contributed by atoms with Gasteiger partial charge in [0.25, 0.3) is 5.91 Å². The molecule has 0 aliphatic carbocycles. The van der Waals surface area contributed by atoms with E-state index in [4.69, 9.17) is 9.62 Å². The van der Waals surface area contributed by atoms with E-state index in [-0.39, 0.29) is 17.0 Å². The van der Waals surface area contributed by atoms with Gasteiger partial charge in [-0.1, -0.05) is 24.3 Å². The van der Waals surface area contributed by atoms with Crippen molar-refractivity contribution in [1.29, 1.82) is 0 Å². The van der Waals surface area contributed by atoms with E-state index in [1.54, 1.807) is 24.3 Å². The van der Waals surface area contributed by atoms with E-state index in [1.807, 2.05) is 0 Å². The van der Waals surface area contributed by atoms with Crippen LogP contribution in [0.2, 0.25) is 0 Å². The standard InChI is InChI=1S/C20H12F2N2O3/c21-15-4-2-1-3-13(15)11-5-7-14(16(22)9-11)20-23-17-10-12(19(25)24-26)6-8-18(17)27-20/h1-10,26H,(H,24,25). The Morgan fingerprint density at radius 2 is 1.78 bits per heavy atom. The largest absolute Gasteiger partial charge is 0.436 e. The first-order valence-electron chi connectivity index (χ1n) is 7.96. The third-order valence-electron chi connectivity index (χ3n) is 4.14. The second kappa shape index (κ2) is 6.62. The van der Waals surface area contributed by atoms with Crippen LogP contribution < -0.4 is 5.48 Å². The van der Waals surface area contributed by atoms with E-state index >= 15 is 0 Å². The van der Waals surface area contributed by atoms with Gasteiger partial charge in [0.1, 0.15) is 17.2 Å². The SMILES string of the molecule is O=C(NO)c1ccc2oc(-c3ccc(-c4ccccc4F)cc3F)nc2c1. The van der Waals surface area contributed by atoms with E-state index in [0.717, 1.165) is 0 Å². The van der Waals surface area contributed by atoms with E-state index in [0.29, 0.717) is 22.2 Å². The summed E-state index contributed by atoms with van der Waals surface area (Å²) in [5.74, 6) is -1.72. The number of hydrogen-bond acceptors (Lipinski definition) is 4. The van der Waals surface area contributed by atoms with Crippen molar-refractivity contribution in [1.82, 2.24) is 10.5 Å². The lowest BCUT2D eigenvalue weighted by Gasteiger charge is -2.05. The molecule has 27 heavy (non-hydrogen) atoms. The molecule has 0 atom stereocenters. The Bertz CT molecular complexity index is 1170. The third-order valence-corrected chi connectivity index (χ3v) is 4.14. The zero-order valence-corrected chi connectivity index (χ0v) is 13.7.